The summed E-state index contributed by atoms with van der Waals surface area (Å²) >= 11 is 0. The smallest absolute Gasteiger partial charge is 0.254 e. The van der Waals surface area contributed by atoms with Crippen LogP contribution >= 0.6 is 0 Å². The third-order valence-electron chi connectivity index (χ3n) is 5.17. The standard InChI is InChI=1S/C19H28N2O3/c1-4-14(2)16(22)13-20-18(24)19(3)11-8-12-21(19)17(23)15-9-6-5-7-10-15/h5-7,9-10,14,16,22H,4,8,11-13H2,1-3H3,(H,20,24). The molecule has 1 aliphatic rings. The summed E-state index contributed by atoms with van der Waals surface area (Å²) in [6.45, 7) is 6.57. The van der Waals surface area contributed by atoms with Crippen LogP contribution in [-0.2, 0) is 4.79 Å². The van der Waals surface area contributed by atoms with Gasteiger partial charge in [-0.2, -0.15) is 0 Å². The van der Waals surface area contributed by atoms with E-state index in [4.69, 9.17) is 0 Å². The molecule has 3 atom stereocenters. The van der Waals surface area contributed by atoms with Crippen molar-refractivity contribution in [1.29, 1.82) is 0 Å². The fourth-order valence-electron chi connectivity index (χ4n) is 3.12. The Balaban J connectivity index is 2.06. The quantitative estimate of drug-likeness (QED) is 0.839. The highest BCUT2D eigenvalue weighted by Gasteiger charge is 2.45. The summed E-state index contributed by atoms with van der Waals surface area (Å²) < 4.78 is 0. The Morgan fingerprint density at radius 2 is 2.00 bits per heavy atom. The van der Waals surface area contributed by atoms with Crippen molar-refractivity contribution in [3.63, 3.8) is 0 Å². The lowest BCUT2D eigenvalue weighted by Crippen LogP contribution is -2.56. The average Bonchev–Trinajstić information content (AvgIpc) is 3.01. The van der Waals surface area contributed by atoms with Crippen LogP contribution in [0, 0.1) is 5.92 Å². The Hall–Kier alpha value is -1.88. The molecule has 3 unspecified atom stereocenters. The molecular formula is C19H28N2O3. The van der Waals surface area contributed by atoms with Crippen LogP contribution in [0.4, 0.5) is 0 Å². The van der Waals surface area contributed by atoms with Crippen LogP contribution in [0.5, 0.6) is 0 Å². The van der Waals surface area contributed by atoms with Gasteiger partial charge in [0.15, 0.2) is 0 Å². The first kappa shape index (κ1) is 18.5. The molecule has 1 aromatic carbocycles. The van der Waals surface area contributed by atoms with Crippen LogP contribution in [0.1, 0.15) is 50.4 Å². The molecule has 0 radical (unpaired) electrons. The van der Waals surface area contributed by atoms with Gasteiger partial charge in [-0.15, -0.1) is 0 Å². The van der Waals surface area contributed by atoms with E-state index in [2.05, 4.69) is 5.32 Å². The molecule has 1 saturated heterocycles. The predicted octanol–water partition coefficient (Wildman–Crippen LogP) is 2.20. The minimum absolute atomic E-state index is 0.117. The highest BCUT2D eigenvalue weighted by molar-refractivity contribution is 5.99. The summed E-state index contributed by atoms with van der Waals surface area (Å²) in [5, 5.41) is 12.9. The van der Waals surface area contributed by atoms with Gasteiger partial charge in [0.2, 0.25) is 5.91 Å². The second-order valence-corrected chi connectivity index (χ2v) is 6.86. The van der Waals surface area contributed by atoms with Crippen LogP contribution in [0.3, 0.4) is 0 Å². The van der Waals surface area contributed by atoms with E-state index < -0.39 is 11.6 Å². The van der Waals surface area contributed by atoms with Crippen LogP contribution in [0.15, 0.2) is 30.3 Å². The number of aliphatic hydroxyl groups is 1. The van der Waals surface area contributed by atoms with Gasteiger partial charge in [0, 0.05) is 18.7 Å². The van der Waals surface area contributed by atoms with Gasteiger partial charge in [-0.3, -0.25) is 9.59 Å². The lowest BCUT2D eigenvalue weighted by molar-refractivity contribution is -0.130. The fraction of sp³-hybridized carbons (Fsp3) is 0.579. The van der Waals surface area contributed by atoms with Crippen molar-refractivity contribution in [2.45, 2.75) is 51.7 Å². The van der Waals surface area contributed by atoms with Crippen molar-refractivity contribution in [1.82, 2.24) is 10.2 Å². The minimum atomic E-state index is -0.859. The van der Waals surface area contributed by atoms with E-state index in [9.17, 15) is 14.7 Å². The largest absolute Gasteiger partial charge is 0.391 e. The van der Waals surface area contributed by atoms with Crippen molar-refractivity contribution in [3.8, 4) is 0 Å². The van der Waals surface area contributed by atoms with Gasteiger partial charge in [0.25, 0.3) is 5.91 Å². The molecular weight excluding hydrogens is 304 g/mol. The zero-order chi connectivity index (χ0) is 17.7. The van der Waals surface area contributed by atoms with Gasteiger partial charge < -0.3 is 15.3 Å². The van der Waals surface area contributed by atoms with Crippen molar-refractivity contribution < 1.29 is 14.7 Å². The Labute approximate surface area is 144 Å². The van der Waals surface area contributed by atoms with E-state index in [-0.39, 0.29) is 24.3 Å². The van der Waals surface area contributed by atoms with Crippen molar-refractivity contribution in [2.24, 2.45) is 5.92 Å². The molecule has 2 rings (SSSR count). The second kappa shape index (κ2) is 7.79. The third kappa shape index (κ3) is 3.78. The lowest BCUT2D eigenvalue weighted by atomic mass is 9.96. The van der Waals surface area contributed by atoms with Crippen LogP contribution < -0.4 is 5.32 Å². The summed E-state index contributed by atoms with van der Waals surface area (Å²) in [7, 11) is 0. The Morgan fingerprint density at radius 3 is 2.62 bits per heavy atom. The number of hydrogen-bond donors (Lipinski definition) is 2. The van der Waals surface area contributed by atoms with Crippen LogP contribution in [-0.4, -0.2) is 46.6 Å². The maximum Gasteiger partial charge on any atom is 0.254 e. The minimum Gasteiger partial charge on any atom is -0.391 e. The summed E-state index contributed by atoms with van der Waals surface area (Å²) in [6, 6.07) is 9.05. The number of nitrogens with zero attached hydrogens (tertiary/aromatic N) is 1. The third-order valence-corrected chi connectivity index (χ3v) is 5.17. The number of benzene rings is 1. The Bertz CT molecular complexity index is 575. The zero-order valence-corrected chi connectivity index (χ0v) is 14.8. The number of nitrogens with one attached hydrogen (secondary N) is 1. The summed E-state index contributed by atoms with van der Waals surface area (Å²) in [5.41, 5.74) is -0.264. The maximum atomic E-state index is 12.8. The molecule has 2 N–H and O–H groups in total. The van der Waals surface area contributed by atoms with Gasteiger partial charge >= 0.3 is 0 Å². The number of rotatable bonds is 6. The summed E-state index contributed by atoms with van der Waals surface area (Å²) in [6.07, 6.45) is 1.72. The number of carbonyl (C=O) groups is 2. The molecule has 24 heavy (non-hydrogen) atoms. The summed E-state index contributed by atoms with van der Waals surface area (Å²) in [4.78, 5) is 27.1. The molecule has 0 aromatic heterocycles. The van der Waals surface area contributed by atoms with Gasteiger partial charge in [0.05, 0.1) is 6.10 Å². The molecule has 5 heteroatoms. The fourth-order valence-corrected chi connectivity index (χ4v) is 3.12. The highest BCUT2D eigenvalue weighted by Crippen LogP contribution is 2.30. The lowest BCUT2D eigenvalue weighted by Gasteiger charge is -2.34. The van der Waals surface area contributed by atoms with Crippen LogP contribution in [0.2, 0.25) is 0 Å². The van der Waals surface area contributed by atoms with E-state index in [1.165, 1.54) is 0 Å². The van der Waals surface area contributed by atoms with E-state index >= 15 is 0 Å². The first-order valence-electron chi connectivity index (χ1n) is 8.73. The molecule has 0 spiro atoms. The zero-order valence-electron chi connectivity index (χ0n) is 14.8. The number of hydrogen-bond acceptors (Lipinski definition) is 3. The van der Waals surface area contributed by atoms with Gasteiger partial charge in [0.1, 0.15) is 5.54 Å². The predicted molar refractivity (Wildman–Crippen MR) is 93.6 cm³/mol. The molecule has 1 heterocycles. The van der Waals surface area contributed by atoms with Crippen molar-refractivity contribution >= 4 is 11.8 Å². The molecule has 1 aliphatic heterocycles. The SMILES string of the molecule is CCC(C)C(O)CNC(=O)C1(C)CCCN1C(=O)c1ccccc1. The molecule has 0 saturated carbocycles. The summed E-state index contributed by atoms with van der Waals surface area (Å²) in [5.74, 6) is -0.177. The Morgan fingerprint density at radius 1 is 1.33 bits per heavy atom. The van der Waals surface area contributed by atoms with E-state index in [1.807, 2.05) is 39.0 Å². The van der Waals surface area contributed by atoms with Gasteiger partial charge in [-0.25, -0.2) is 0 Å². The topological polar surface area (TPSA) is 69.6 Å². The maximum absolute atomic E-state index is 12.8. The van der Waals surface area contributed by atoms with E-state index in [0.717, 1.165) is 12.8 Å². The molecule has 132 valence electrons. The van der Waals surface area contributed by atoms with Gasteiger partial charge in [-0.1, -0.05) is 38.5 Å². The number of likely N-dealkylation sites (tertiary alicyclic amines) is 1. The number of aliphatic hydroxyl groups excluding tert-OH is 1. The van der Waals surface area contributed by atoms with E-state index in [0.29, 0.717) is 18.5 Å². The van der Waals surface area contributed by atoms with Crippen molar-refractivity contribution in [2.75, 3.05) is 13.1 Å². The van der Waals surface area contributed by atoms with Crippen LogP contribution in [0.25, 0.3) is 0 Å². The normalized spacial score (nSPS) is 22.9. The van der Waals surface area contributed by atoms with E-state index in [1.54, 1.807) is 17.0 Å². The number of carbonyl (C=O) groups excluding carboxylic acids is 2. The highest BCUT2D eigenvalue weighted by atomic mass is 16.3. The molecule has 0 bridgehead atoms. The second-order valence-electron chi connectivity index (χ2n) is 6.86. The monoisotopic (exact) mass is 332 g/mol. The molecule has 1 aromatic rings. The van der Waals surface area contributed by atoms with Crippen molar-refractivity contribution in [3.05, 3.63) is 35.9 Å². The Kier molecular flexibility index (Phi) is 5.99. The average molecular weight is 332 g/mol. The molecule has 1 fully saturated rings. The van der Waals surface area contributed by atoms with Gasteiger partial charge in [-0.05, 0) is 37.8 Å². The number of amides is 2. The molecule has 5 nitrogen and oxygen atoms in total. The first-order valence-corrected chi connectivity index (χ1v) is 8.73. The first-order chi connectivity index (χ1) is 11.4. The molecule has 2 amide bonds. The molecule has 0 aliphatic carbocycles.